The number of carbonyl (C=O) groups excluding carboxylic acids is 1. The van der Waals surface area contributed by atoms with E-state index in [0.717, 1.165) is 16.8 Å². The molecule has 1 aromatic heterocycles. The van der Waals surface area contributed by atoms with Gasteiger partial charge in [-0.3, -0.25) is 4.57 Å². The van der Waals surface area contributed by atoms with Crippen molar-refractivity contribution in [3.05, 3.63) is 88.0 Å². The zero-order valence-electron chi connectivity index (χ0n) is 18.4. The van der Waals surface area contributed by atoms with Crippen molar-refractivity contribution in [2.75, 3.05) is 13.7 Å². The van der Waals surface area contributed by atoms with Crippen LogP contribution in [0.2, 0.25) is 10.0 Å². The topological polar surface area (TPSA) is 53.3 Å². The van der Waals surface area contributed by atoms with Crippen LogP contribution in [0, 0.1) is 6.92 Å². The molecule has 0 saturated carbocycles. The molecular formula is C26H22Cl2N2O3. The normalized spacial score (nSPS) is 10.8. The van der Waals surface area contributed by atoms with Gasteiger partial charge in [0.25, 0.3) is 0 Å². The number of esters is 1. The minimum absolute atomic E-state index is 0.163. The molecule has 0 aliphatic heterocycles. The Morgan fingerprint density at radius 3 is 2.39 bits per heavy atom. The van der Waals surface area contributed by atoms with E-state index in [-0.39, 0.29) is 12.3 Å². The highest BCUT2D eigenvalue weighted by Gasteiger charge is 2.29. The average molecular weight is 481 g/mol. The summed E-state index contributed by atoms with van der Waals surface area (Å²) in [6, 6.07) is 20.5. The maximum atomic E-state index is 13.1. The number of hydrogen-bond donors (Lipinski definition) is 0. The van der Waals surface area contributed by atoms with Crippen LogP contribution in [0.15, 0.2) is 66.7 Å². The van der Waals surface area contributed by atoms with Gasteiger partial charge in [0.05, 0.1) is 25.1 Å². The number of nitrogens with zero attached hydrogens (tertiary/aromatic N) is 2. The van der Waals surface area contributed by atoms with Gasteiger partial charge in [0.2, 0.25) is 0 Å². The Hall–Kier alpha value is -3.28. The van der Waals surface area contributed by atoms with Crippen molar-refractivity contribution in [3.63, 3.8) is 0 Å². The molecule has 1 heterocycles. The number of imidazole rings is 1. The molecule has 0 atom stereocenters. The number of aryl methyl sites for hydroxylation is 1. The summed E-state index contributed by atoms with van der Waals surface area (Å²) >= 11 is 12.8. The first-order chi connectivity index (χ1) is 15.9. The molecule has 0 amide bonds. The molecule has 168 valence electrons. The lowest BCUT2D eigenvalue weighted by molar-refractivity contribution is 0.0521. The second-order valence-corrected chi connectivity index (χ2v) is 8.20. The zero-order valence-corrected chi connectivity index (χ0v) is 19.9. The van der Waals surface area contributed by atoms with Gasteiger partial charge in [-0.1, -0.05) is 59.6 Å². The van der Waals surface area contributed by atoms with Crippen LogP contribution < -0.4 is 4.74 Å². The summed E-state index contributed by atoms with van der Waals surface area (Å²) in [4.78, 5) is 17.9. The van der Waals surface area contributed by atoms with Crippen LogP contribution in [0.25, 0.3) is 28.3 Å². The standard InChI is InChI=1S/C26H22Cl2N2O3/c1-4-33-26(31)23-24(20-14-18(27)12-13-22(20)32-3)30(21-15-19(28)11-10-16(21)2)25(29-23)17-8-6-5-7-9-17/h5-15H,4H2,1-3H3. The second-order valence-electron chi connectivity index (χ2n) is 7.33. The smallest absolute Gasteiger partial charge is 0.359 e. The molecular weight excluding hydrogens is 459 g/mol. The van der Waals surface area contributed by atoms with Crippen LogP contribution in [-0.2, 0) is 4.74 Å². The summed E-state index contributed by atoms with van der Waals surface area (Å²) in [6.07, 6.45) is 0. The first-order valence-electron chi connectivity index (χ1n) is 10.4. The van der Waals surface area contributed by atoms with E-state index in [1.54, 1.807) is 32.2 Å². The average Bonchev–Trinajstić information content (AvgIpc) is 3.21. The van der Waals surface area contributed by atoms with Gasteiger partial charge in [-0.2, -0.15) is 0 Å². The Morgan fingerprint density at radius 1 is 1.00 bits per heavy atom. The van der Waals surface area contributed by atoms with E-state index in [9.17, 15) is 4.79 Å². The van der Waals surface area contributed by atoms with Crippen molar-refractivity contribution < 1.29 is 14.3 Å². The van der Waals surface area contributed by atoms with Gasteiger partial charge in [0.15, 0.2) is 5.69 Å². The molecule has 0 spiro atoms. The van der Waals surface area contributed by atoms with Crippen LogP contribution in [0.3, 0.4) is 0 Å². The van der Waals surface area contributed by atoms with Crippen molar-refractivity contribution in [1.29, 1.82) is 0 Å². The third-order valence-corrected chi connectivity index (χ3v) is 5.68. The Kier molecular flexibility index (Phi) is 6.72. The first-order valence-corrected chi connectivity index (χ1v) is 11.2. The highest BCUT2D eigenvalue weighted by Crippen LogP contribution is 2.40. The fourth-order valence-electron chi connectivity index (χ4n) is 3.71. The SMILES string of the molecule is CCOC(=O)c1nc(-c2ccccc2)n(-c2cc(Cl)ccc2C)c1-c1cc(Cl)ccc1OC. The zero-order chi connectivity index (χ0) is 23.5. The predicted molar refractivity (Wildman–Crippen MR) is 132 cm³/mol. The number of benzene rings is 3. The Morgan fingerprint density at radius 2 is 1.70 bits per heavy atom. The van der Waals surface area contributed by atoms with Crippen molar-refractivity contribution in [2.45, 2.75) is 13.8 Å². The molecule has 33 heavy (non-hydrogen) atoms. The molecule has 0 N–H and O–H groups in total. The Balaban J connectivity index is 2.17. The van der Waals surface area contributed by atoms with Crippen LogP contribution >= 0.6 is 23.2 Å². The van der Waals surface area contributed by atoms with Crippen molar-refractivity contribution in [3.8, 4) is 34.1 Å². The largest absolute Gasteiger partial charge is 0.496 e. The number of ether oxygens (including phenoxy) is 2. The lowest BCUT2D eigenvalue weighted by Gasteiger charge is -2.17. The maximum Gasteiger partial charge on any atom is 0.359 e. The molecule has 0 fully saturated rings. The van der Waals surface area contributed by atoms with Crippen LogP contribution in [0.1, 0.15) is 23.0 Å². The summed E-state index contributed by atoms with van der Waals surface area (Å²) < 4.78 is 12.9. The first kappa shape index (κ1) is 22.9. The molecule has 3 aromatic carbocycles. The van der Waals surface area contributed by atoms with Gasteiger partial charge >= 0.3 is 5.97 Å². The highest BCUT2D eigenvalue weighted by atomic mass is 35.5. The summed E-state index contributed by atoms with van der Waals surface area (Å²) in [6.45, 7) is 3.95. The number of methoxy groups -OCH3 is 1. The minimum atomic E-state index is -0.537. The van der Waals surface area contributed by atoms with Gasteiger partial charge in [-0.05, 0) is 49.7 Å². The van der Waals surface area contributed by atoms with Gasteiger partial charge in [-0.15, -0.1) is 0 Å². The lowest BCUT2D eigenvalue weighted by atomic mass is 10.1. The van der Waals surface area contributed by atoms with E-state index in [4.69, 9.17) is 37.7 Å². The van der Waals surface area contributed by atoms with Crippen molar-refractivity contribution in [2.24, 2.45) is 0 Å². The molecule has 0 saturated heterocycles. The number of hydrogen-bond acceptors (Lipinski definition) is 4. The van der Waals surface area contributed by atoms with Crippen LogP contribution in [-0.4, -0.2) is 29.2 Å². The van der Waals surface area contributed by atoms with Crippen LogP contribution in [0.5, 0.6) is 5.75 Å². The third-order valence-electron chi connectivity index (χ3n) is 5.21. The highest BCUT2D eigenvalue weighted by molar-refractivity contribution is 6.31. The number of aromatic nitrogens is 2. The molecule has 4 aromatic rings. The number of rotatable bonds is 6. The summed E-state index contributed by atoms with van der Waals surface area (Å²) in [5.74, 6) is 0.580. The fourth-order valence-corrected chi connectivity index (χ4v) is 4.05. The molecule has 0 bridgehead atoms. The van der Waals surface area contributed by atoms with Crippen molar-refractivity contribution >= 4 is 29.2 Å². The van der Waals surface area contributed by atoms with E-state index in [2.05, 4.69) is 0 Å². The second kappa shape index (κ2) is 9.69. The van der Waals surface area contributed by atoms with Gasteiger partial charge in [0.1, 0.15) is 11.6 Å². The van der Waals surface area contributed by atoms with Gasteiger partial charge in [0, 0.05) is 21.2 Å². The Bertz CT molecular complexity index is 1320. The summed E-state index contributed by atoms with van der Waals surface area (Å²) in [5, 5.41) is 1.06. The number of halogens is 2. The van der Waals surface area contributed by atoms with E-state index >= 15 is 0 Å². The molecule has 0 unspecified atom stereocenters. The summed E-state index contributed by atoms with van der Waals surface area (Å²) in [5.41, 5.74) is 3.84. The molecule has 5 nitrogen and oxygen atoms in total. The van der Waals surface area contributed by atoms with Gasteiger partial charge < -0.3 is 9.47 Å². The predicted octanol–water partition coefficient (Wildman–Crippen LogP) is 7.01. The monoisotopic (exact) mass is 480 g/mol. The van der Waals surface area contributed by atoms with E-state index in [0.29, 0.717) is 32.9 Å². The Labute approximate surface area is 202 Å². The molecule has 0 aliphatic rings. The van der Waals surface area contributed by atoms with Crippen molar-refractivity contribution in [1.82, 2.24) is 9.55 Å². The molecule has 7 heteroatoms. The van der Waals surface area contributed by atoms with Gasteiger partial charge in [-0.25, -0.2) is 9.78 Å². The van der Waals surface area contributed by atoms with E-state index < -0.39 is 5.97 Å². The molecule has 4 rings (SSSR count). The van der Waals surface area contributed by atoms with E-state index in [1.807, 2.05) is 60.0 Å². The van der Waals surface area contributed by atoms with E-state index in [1.165, 1.54) is 0 Å². The summed E-state index contributed by atoms with van der Waals surface area (Å²) in [7, 11) is 1.57. The van der Waals surface area contributed by atoms with Crippen LogP contribution in [0.4, 0.5) is 0 Å². The third kappa shape index (κ3) is 4.47. The minimum Gasteiger partial charge on any atom is -0.496 e. The lowest BCUT2D eigenvalue weighted by Crippen LogP contribution is -2.09. The number of carbonyl (C=O) groups is 1. The maximum absolute atomic E-state index is 13.1. The molecule has 0 aliphatic carbocycles. The fraction of sp³-hybridized carbons (Fsp3) is 0.154. The quantitative estimate of drug-likeness (QED) is 0.278. The molecule has 0 radical (unpaired) electrons.